The van der Waals surface area contributed by atoms with Crippen LogP contribution in [0.25, 0.3) is 0 Å². The zero-order valence-corrected chi connectivity index (χ0v) is 13.0. The van der Waals surface area contributed by atoms with Crippen LogP contribution in [0.15, 0.2) is 18.2 Å². The molecule has 0 aliphatic heterocycles. The van der Waals surface area contributed by atoms with Crippen molar-refractivity contribution in [3.63, 3.8) is 0 Å². The fourth-order valence-electron chi connectivity index (χ4n) is 2.95. The van der Waals surface area contributed by atoms with E-state index in [1.807, 2.05) is 7.05 Å². The number of hydrogen-bond acceptors (Lipinski definition) is 2. The Bertz CT molecular complexity index is 413. The first-order chi connectivity index (χ1) is 9.11. The largest absolute Gasteiger partial charge is 0.374 e. The van der Waals surface area contributed by atoms with E-state index in [0.29, 0.717) is 6.04 Å². The molecule has 0 radical (unpaired) electrons. The van der Waals surface area contributed by atoms with E-state index in [9.17, 15) is 0 Å². The van der Waals surface area contributed by atoms with Crippen LogP contribution in [0.1, 0.15) is 44.2 Å². The molecule has 1 aromatic rings. The molecule has 3 heteroatoms. The number of anilines is 1. The average molecular weight is 281 g/mol. The lowest BCUT2D eigenvalue weighted by molar-refractivity contribution is 0.547. The predicted octanol–water partition coefficient (Wildman–Crippen LogP) is 4.25. The Labute approximate surface area is 122 Å². The third-order valence-electron chi connectivity index (χ3n) is 4.33. The van der Waals surface area contributed by atoms with Gasteiger partial charge in [-0.1, -0.05) is 30.5 Å². The minimum absolute atomic E-state index is 0.293. The van der Waals surface area contributed by atoms with Crippen LogP contribution in [0, 0.1) is 5.92 Å². The van der Waals surface area contributed by atoms with E-state index >= 15 is 0 Å². The molecule has 2 nitrogen and oxygen atoms in total. The topological polar surface area (TPSA) is 15.3 Å². The van der Waals surface area contributed by atoms with Crippen LogP contribution >= 0.6 is 11.6 Å². The zero-order valence-electron chi connectivity index (χ0n) is 12.2. The first-order valence-corrected chi connectivity index (χ1v) is 7.67. The Kier molecular flexibility index (Phi) is 5.12. The standard InChI is InChI=1S/C16H25ClN2/c1-12(18-2)15-9-8-14(10-16(15)17)19(3)11-13-6-4-5-7-13/h8-10,12-13,18H,4-7,11H2,1-3H3. The van der Waals surface area contributed by atoms with Crippen LogP contribution in [-0.2, 0) is 0 Å². The van der Waals surface area contributed by atoms with E-state index in [1.54, 1.807) is 0 Å². The van der Waals surface area contributed by atoms with Crippen molar-refractivity contribution in [3.8, 4) is 0 Å². The molecule has 1 atom stereocenters. The first-order valence-electron chi connectivity index (χ1n) is 7.29. The number of hydrogen-bond donors (Lipinski definition) is 1. The van der Waals surface area contributed by atoms with Crippen molar-refractivity contribution in [1.29, 1.82) is 0 Å². The van der Waals surface area contributed by atoms with Gasteiger partial charge >= 0.3 is 0 Å². The molecule has 1 fully saturated rings. The average Bonchev–Trinajstić information content (AvgIpc) is 2.90. The lowest BCUT2D eigenvalue weighted by atomic mass is 10.1. The van der Waals surface area contributed by atoms with E-state index < -0.39 is 0 Å². The van der Waals surface area contributed by atoms with Crippen LogP contribution in [0.5, 0.6) is 0 Å². The minimum atomic E-state index is 0.293. The summed E-state index contributed by atoms with van der Waals surface area (Å²) in [4.78, 5) is 2.34. The molecule has 0 bridgehead atoms. The number of nitrogens with zero attached hydrogens (tertiary/aromatic N) is 1. The fraction of sp³-hybridized carbons (Fsp3) is 0.625. The Morgan fingerprint density at radius 3 is 2.63 bits per heavy atom. The lowest BCUT2D eigenvalue weighted by Crippen LogP contribution is -2.24. The Morgan fingerprint density at radius 2 is 2.05 bits per heavy atom. The van der Waals surface area contributed by atoms with Crippen molar-refractivity contribution < 1.29 is 0 Å². The summed E-state index contributed by atoms with van der Waals surface area (Å²) in [6.07, 6.45) is 5.57. The van der Waals surface area contributed by atoms with Crippen molar-refractivity contribution in [3.05, 3.63) is 28.8 Å². The Morgan fingerprint density at radius 1 is 1.37 bits per heavy atom. The quantitative estimate of drug-likeness (QED) is 0.867. The molecule has 1 saturated carbocycles. The summed E-state index contributed by atoms with van der Waals surface area (Å²) in [7, 11) is 4.13. The predicted molar refractivity (Wildman–Crippen MR) is 84.2 cm³/mol. The number of rotatable bonds is 5. The normalized spacial score (nSPS) is 17.7. The lowest BCUT2D eigenvalue weighted by Gasteiger charge is -2.24. The van der Waals surface area contributed by atoms with Gasteiger partial charge in [-0.05, 0) is 50.4 Å². The fourth-order valence-corrected chi connectivity index (χ4v) is 3.28. The van der Waals surface area contributed by atoms with Crippen molar-refractivity contribution in [2.75, 3.05) is 25.5 Å². The van der Waals surface area contributed by atoms with Gasteiger partial charge in [0.2, 0.25) is 0 Å². The van der Waals surface area contributed by atoms with Crippen LogP contribution in [0.3, 0.4) is 0 Å². The van der Waals surface area contributed by atoms with Crippen LogP contribution in [0.4, 0.5) is 5.69 Å². The summed E-state index contributed by atoms with van der Waals surface area (Å²) in [6, 6.07) is 6.72. The maximum atomic E-state index is 6.40. The summed E-state index contributed by atoms with van der Waals surface area (Å²) < 4.78 is 0. The van der Waals surface area contributed by atoms with E-state index in [0.717, 1.165) is 17.5 Å². The highest BCUT2D eigenvalue weighted by Crippen LogP contribution is 2.30. The molecule has 19 heavy (non-hydrogen) atoms. The molecule has 1 N–H and O–H groups in total. The summed E-state index contributed by atoms with van der Waals surface area (Å²) >= 11 is 6.40. The van der Waals surface area contributed by atoms with Crippen molar-refractivity contribution in [2.24, 2.45) is 5.92 Å². The number of halogens is 1. The third kappa shape index (κ3) is 3.64. The monoisotopic (exact) mass is 280 g/mol. The van der Waals surface area contributed by atoms with Gasteiger partial charge in [0.1, 0.15) is 0 Å². The van der Waals surface area contributed by atoms with E-state index in [2.05, 4.69) is 42.4 Å². The smallest absolute Gasteiger partial charge is 0.0474 e. The molecule has 0 saturated heterocycles. The van der Waals surface area contributed by atoms with Gasteiger partial charge in [-0.15, -0.1) is 0 Å². The first kappa shape index (κ1) is 14.7. The van der Waals surface area contributed by atoms with Gasteiger partial charge in [0.05, 0.1) is 0 Å². The van der Waals surface area contributed by atoms with E-state index in [1.165, 1.54) is 36.9 Å². The van der Waals surface area contributed by atoms with E-state index in [4.69, 9.17) is 11.6 Å². The second kappa shape index (κ2) is 6.62. The molecule has 106 valence electrons. The Hall–Kier alpha value is -0.730. The van der Waals surface area contributed by atoms with Crippen LogP contribution in [-0.4, -0.2) is 20.6 Å². The SMILES string of the molecule is CNC(C)c1ccc(N(C)CC2CCCC2)cc1Cl. The molecule has 1 aliphatic carbocycles. The Balaban J connectivity index is 2.05. The van der Waals surface area contributed by atoms with Crippen LogP contribution < -0.4 is 10.2 Å². The molecule has 0 spiro atoms. The van der Waals surface area contributed by atoms with E-state index in [-0.39, 0.29) is 0 Å². The van der Waals surface area contributed by atoms with Gasteiger partial charge in [-0.25, -0.2) is 0 Å². The number of benzene rings is 1. The second-order valence-corrected chi connectivity index (χ2v) is 6.15. The van der Waals surface area contributed by atoms with Crippen LogP contribution in [0.2, 0.25) is 5.02 Å². The van der Waals surface area contributed by atoms with Crippen molar-refractivity contribution in [1.82, 2.24) is 5.32 Å². The molecule has 0 amide bonds. The molecule has 1 aromatic carbocycles. The highest BCUT2D eigenvalue weighted by Gasteiger charge is 2.17. The third-order valence-corrected chi connectivity index (χ3v) is 4.66. The van der Waals surface area contributed by atoms with Gasteiger partial charge in [-0.2, -0.15) is 0 Å². The van der Waals surface area contributed by atoms with Gasteiger partial charge in [0, 0.05) is 30.3 Å². The molecule has 2 rings (SSSR count). The molecular weight excluding hydrogens is 256 g/mol. The summed E-state index contributed by atoms with van der Waals surface area (Å²) in [5, 5.41) is 4.09. The highest BCUT2D eigenvalue weighted by atomic mass is 35.5. The number of nitrogens with one attached hydrogen (secondary N) is 1. The highest BCUT2D eigenvalue weighted by molar-refractivity contribution is 6.31. The molecule has 0 heterocycles. The summed E-state index contributed by atoms with van der Waals surface area (Å²) in [5.41, 5.74) is 2.39. The molecule has 1 aliphatic rings. The van der Waals surface area contributed by atoms with Gasteiger partial charge < -0.3 is 10.2 Å². The van der Waals surface area contributed by atoms with Gasteiger partial charge in [-0.3, -0.25) is 0 Å². The van der Waals surface area contributed by atoms with Gasteiger partial charge in [0.25, 0.3) is 0 Å². The second-order valence-electron chi connectivity index (χ2n) is 5.75. The van der Waals surface area contributed by atoms with Gasteiger partial charge in [0.15, 0.2) is 0 Å². The van der Waals surface area contributed by atoms with Crippen molar-refractivity contribution >= 4 is 17.3 Å². The molecule has 1 unspecified atom stereocenters. The molecule has 0 aromatic heterocycles. The summed E-state index contributed by atoms with van der Waals surface area (Å²) in [6.45, 7) is 3.28. The summed E-state index contributed by atoms with van der Waals surface area (Å²) in [5.74, 6) is 0.861. The minimum Gasteiger partial charge on any atom is -0.374 e. The maximum Gasteiger partial charge on any atom is 0.0474 e. The molecular formula is C16H25ClN2. The zero-order chi connectivity index (χ0) is 13.8. The maximum absolute atomic E-state index is 6.40. The van der Waals surface area contributed by atoms with Crippen molar-refractivity contribution in [2.45, 2.75) is 38.6 Å².